The molecule has 112 valence electrons. The van der Waals surface area contributed by atoms with Gasteiger partial charge in [-0.3, -0.25) is 4.98 Å². The maximum absolute atomic E-state index is 4.90. The standard InChI is InChI=1S/C16H28N2SSi/c1-11(2)20(12(3)4,13(5)6)16-18-10-15(19-16)14-8-7-9-17-14/h7-8,10-14,17H,9H2,1-6H3. The van der Waals surface area contributed by atoms with Crippen molar-refractivity contribution in [2.75, 3.05) is 6.54 Å². The van der Waals surface area contributed by atoms with Crippen molar-refractivity contribution in [2.45, 2.75) is 64.2 Å². The number of hydrogen-bond acceptors (Lipinski definition) is 3. The molecule has 0 aliphatic carbocycles. The van der Waals surface area contributed by atoms with E-state index in [1.807, 2.05) is 11.3 Å². The number of thiazole rings is 1. The molecular formula is C16H28N2SSi. The molecule has 2 heterocycles. The van der Waals surface area contributed by atoms with E-state index in [-0.39, 0.29) is 0 Å². The lowest BCUT2D eigenvalue weighted by molar-refractivity contribution is 0.723. The molecule has 1 atom stereocenters. The fourth-order valence-corrected chi connectivity index (χ4v) is 13.7. The molecule has 1 unspecified atom stereocenters. The Kier molecular flexibility index (Phi) is 4.87. The summed E-state index contributed by atoms with van der Waals surface area (Å²) < 4.78 is 1.45. The van der Waals surface area contributed by atoms with Gasteiger partial charge in [-0.05, 0) is 16.6 Å². The van der Waals surface area contributed by atoms with Crippen LogP contribution in [0.1, 0.15) is 52.5 Å². The summed E-state index contributed by atoms with van der Waals surface area (Å²) in [5, 5.41) is 3.50. The van der Waals surface area contributed by atoms with Crippen LogP contribution in [0.15, 0.2) is 18.3 Å². The van der Waals surface area contributed by atoms with Crippen LogP contribution in [0.4, 0.5) is 0 Å². The molecule has 1 aliphatic rings. The Morgan fingerprint density at radius 1 is 1.15 bits per heavy atom. The van der Waals surface area contributed by atoms with Crippen LogP contribution in [0.3, 0.4) is 0 Å². The minimum absolute atomic E-state index is 0.388. The number of rotatable bonds is 5. The van der Waals surface area contributed by atoms with E-state index in [1.54, 1.807) is 0 Å². The Morgan fingerprint density at radius 3 is 2.20 bits per heavy atom. The predicted octanol–water partition coefficient (Wildman–Crippen LogP) is 4.23. The van der Waals surface area contributed by atoms with Crippen LogP contribution >= 0.6 is 11.3 Å². The third-order valence-corrected chi connectivity index (χ3v) is 13.7. The summed E-state index contributed by atoms with van der Waals surface area (Å²) in [5.41, 5.74) is 2.19. The van der Waals surface area contributed by atoms with Crippen molar-refractivity contribution in [3.63, 3.8) is 0 Å². The van der Waals surface area contributed by atoms with E-state index in [2.05, 4.69) is 65.2 Å². The molecule has 0 bridgehead atoms. The lowest BCUT2D eigenvalue weighted by atomic mass is 10.3. The van der Waals surface area contributed by atoms with Crippen molar-refractivity contribution in [1.82, 2.24) is 10.3 Å². The Morgan fingerprint density at radius 2 is 1.75 bits per heavy atom. The first-order valence-corrected chi connectivity index (χ1v) is 10.8. The molecule has 20 heavy (non-hydrogen) atoms. The van der Waals surface area contributed by atoms with Gasteiger partial charge in [0.15, 0.2) is 0 Å². The second-order valence-corrected chi connectivity index (χ2v) is 14.0. The van der Waals surface area contributed by atoms with E-state index >= 15 is 0 Å². The molecular weight excluding hydrogens is 280 g/mol. The van der Waals surface area contributed by atoms with E-state index in [0.29, 0.717) is 6.04 Å². The second kappa shape index (κ2) is 6.12. The van der Waals surface area contributed by atoms with E-state index < -0.39 is 8.07 Å². The first kappa shape index (κ1) is 15.9. The highest BCUT2D eigenvalue weighted by molar-refractivity contribution is 7.27. The van der Waals surface area contributed by atoms with Gasteiger partial charge in [0.05, 0.1) is 10.7 Å². The third-order valence-electron chi connectivity index (χ3n) is 4.85. The molecule has 0 amide bonds. The number of aromatic nitrogens is 1. The molecule has 0 saturated heterocycles. The molecule has 1 aromatic rings. The molecule has 0 aromatic carbocycles. The van der Waals surface area contributed by atoms with Crippen LogP contribution < -0.4 is 9.95 Å². The average molecular weight is 309 g/mol. The zero-order valence-corrected chi connectivity index (χ0v) is 15.4. The largest absolute Gasteiger partial charge is 0.303 e. The van der Waals surface area contributed by atoms with E-state index in [9.17, 15) is 0 Å². The Balaban J connectivity index is 2.41. The van der Waals surface area contributed by atoms with Crippen molar-refractivity contribution in [2.24, 2.45) is 0 Å². The van der Waals surface area contributed by atoms with Gasteiger partial charge in [-0.15, -0.1) is 11.3 Å². The molecule has 1 aliphatic heterocycles. The van der Waals surface area contributed by atoms with Gasteiger partial charge in [0.1, 0.15) is 8.07 Å². The van der Waals surface area contributed by atoms with Crippen LogP contribution in [0.5, 0.6) is 0 Å². The minimum atomic E-state index is -1.58. The first-order valence-electron chi connectivity index (χ1n) is 7.76. The van der Waals surface area contributed by atoms with Gasteiger partial charge in [0.25, 0.3) is 0 Å². The van der Waals surface area contributed by atoms with Crippen LogP contribution in [0.2, 0.25) is 16.6 Å². The molecule has 2 nitrogen and oxygen atoms in total. The summed E-state index contributed by atoms with van der Waals surface area (Å²) in [6, 6.07) is 0.388. The minimum Gasteiger partial charge on any atom is -0.303 e. The van der Waals surface area contributed by atoms with Crippen molar-refractivity contribution < 1.29 is 0 Å². The SMILES string of the molecule is CC(C)[Si](c1ncc(C2C=CCN2)s1)(C(C)C)C(C)C. The quantitative estimate of drug-likeness (QED) is 0.650. The normalized spacial score (nSPS) is 19.8. The highest BCUT2D eigenvalue weighted by Gasteiger charge is 2.47. The van der Waals surface area contributed by atoms with Crippen LogP contribution in [0.25, 0.3) is 0 Å². The zero-order chi connectivity index (χ0) is 14.9. The summed E-state index contributed by atoms with van der Waals surface area (Å²) >= 11 is 1.96. The van der Waals surface area contributed by atoms with Gasteiger partial charge in [0.2, 0.25) is 0 Å². The highest BCUT2D eigenvalue weighted by Crippen LogP contribution is 2.42. The number of nitrogens with zero attached hydrogens (tertiary/aromatic N) is 1. The molecule has 1 aromatic heterocycles. The molecule has 0 spiro atoms. The first-order chi connectivity index (χ1) is 9.40. The van der Waals surface area contributed by atoms with Gasteiger partial charge < -0.3 is 5.32 Å². The van der Waals surface area contributed by atoms with Crippen molar-refractivity contribution in [1.29, 1.82) is 0 Å². The molecule has 0 fully saturated rings. The van der Waals surface area contributed by atoms with Crippen molar-refractivity contribution >= 4 is 24.0 Å². The Bertz CT molecular complexity index is 455. The Labute approximate surface area is 128 Å². The molecule has 0 radical (unpaired) electrons. The smallest absolute Gasteiger partial charge is 0.131 e. The third kappa shape index (κ3) is 2.53. The van der Waals surface area contributed by atoms with Gasteiger partial charge in [0, 0.05) is 17.6 Å². The van der Waals surface area contributed by atoms with Gasteiger partial charge in [-0.25, -0.2) is 0 Å². The van der Waals surface area contributed by atoms with Crippen molar-refractivity contribution in [3.05, 3.63) is 23.2 Å². The van der Waals surface area contributed by atoms with E-state index in [1.165, 1.54) is 9.51 Å². The van der Waals surface area contributed by atoms with Crippen LogP contribution in [0, 0.1) is 0 Å². The lowest BCUT2D eigenvalue weighted by Crippen LogP contribution is -2.55. The van der Waals surface area contributed by atoms with Gasteiger partial charge in [-0.1, -0.05) is 53.7 Å². The summed E-state index contributed by atoms with van der Waals surface area (Å²) in [5.74, 6) is 0. The second-order valence-electron chi connectivity index (χ2n) is 6.78. The topological polar surface area (TPSA) is 24.9 Å². The Hall–Kier alpha value is -0.453. The fraction of sp³-hybridized carbons (Fsp3) is 0.688. The molecule has 1 N–H and O–H groups in total. The predicted molar refractivity (Wildman–Crippen MR) is 92.7 cm³/mol. The molecule has 0 saturated carbocycles. The van der Waals surface area contributed by atoms with Gasteiger partial charge >= 0.3 is 0 Å². The summed E-state index contributed by atoms with van der Waals surface area (Å²) in [6.07, 6.45) is 6.59. The van der Waals surface area contributed by atoms with E-state index in [4.69, 9.17) is 4.98 Å². The van der Waals surface area contributed by atoms with Crippen LogP contribution in [-0.4, -0.2) is 19.6 Å². The average Bonchev–Trinajstić information content (AvgIpc) is 2.97. The molecule has 2 rings (SSSR count). The number of nitrogens with one attached hydrogen (secondary N) is 1. The van der Waals surface area contributed by atoms with Crippen molar-refractivity contribution in [3.8, 4) is 0 Å². The zero-order valence-electron chi connectivity index (χ0n) is 13.6. The maximum Gasteiger partial charge on any atom is 0.131 e. The highest BCUT2D eigenvalue weighted by atomic mass is 32.1. The summed E-state index contributed by atoms with van der Waals surface area (Å²) in [6.45, 7) is 15.4. The van der Waals surface area contributed by atoms with E-state index in [0.717, 1.165) is 23.2 Å². The molecule has 4 heteroatoms. The summed E-state index contributed by atoms with van der Waals surface area (Å²) in [4.78, 5) is 6.29. The monoisotopic (exact) mass is 308 g/mol. The lowest BCUT2D eigenvalue weighted by Gasteiger charge is -2.41. The fourth-order valence-electron chi connectivity index (χ4n) is 4.03. The number of hydrogen-bond donors (Lipinski definition) is 1. The summed E-state index contributed by atoms with van der Waals surface area (Å²) in [7, 11) is -1.58. The van der Waals surface area contributed by atoms with Gasteiger partial charge in [-0.2, -0.15) is 0 Å². The maximum atomic E-state index is 4.90. The van der Waals surface area contributed by atoms with Crippen LogP contribution in [-0.2, 0) is 0 Å².